The molecule has 27 heavy (non-hydrogen) atoms. The normalized spacial score (nSPS) is 12.0. The Bertz CT molecular complexity index is 998. The van der Waals surface area contributed by atoms with E-state index in [1.807, 2.05) is 42.5 Å². The molecule has 0 saturated heterocycles. The van der Waals surface area contributed by atoms with E-state index in [4.69, 9.17) is 14.6 Å². The van der Waals surface area contributed by atoms with Crippen LogP contribution in [-0.2, 0) is 6.54 Å². The second-order valence-corrected chi connectivity index (χ2v) is 6.16. The highest BCUT2D eigenvalue weighted by atomic mass is 16.7. The van der Waals surface area contributed by atoms with E-state index in [0.29, 0.717) is 12.2 Å². The van der Waals surface area contributed by atoms with Crippen molar-refractivity contribution in [3.05, 3.63) is 71.8 Å². The number of carboxylic acid groups (broad SMARTS) is 1. The van der Waals surface area contributed by atoms with E-state index in [-0.39, 0.29) is 18.1 Å². The summed E-state index contributed by atoms with van der Waals surface area (Å²) in [5.41, 5.74) is 3.71. The Morgan fingerprint density at radius 1 is 0.926 bits per heavy atom. The van der Waals surface area contributed by atoms with Gasteiger partial charge < -0.3 is 25.0 Å². The number of hydrogen-bond donors (Lipinski definition) is 3. The average molecular weight is 363 g/mol. The van der Waals surface area contributed by atoms with Gasteiger partial charge in [0, 0.05) is 18.3 Å². The molecule has 6 nitrogen and oxygen atoms in total. The maximum absolute atomic E-state index is 10.9. The van der Waals surface area contributed by atoms with E-state index in [9.17, 15) is 9.90 Å². The first-order chi connectivity index (χ1) is 13.1. The van der Waals surface area contributed by atoms with E-state index in [0.717, 1.165) is 28.2 Å². The SMILES string of the molecule is O=C(O)c1ccc(NCc2ccc(-c3ccc4c(c3)OCO4)cc2)cc1O. The Hall–Kier alpha value is -3.67. The topological polar surface area (TPSA) is 88.0 Å². The van der Waals surface area contributed by atoms with E-state index < -0.39 is 5.97 Å². The van der Waals surface area contributed by atoms with Crippen LogP contribution in [0.15, 0.2) is 60.7 Å². The lowest BCUT2D eigenvalue weighted by atomic mass is 10.0. The monoisotopic (exact) mass is 363 g/mol. The minimum Gasteiger partial charge on any atom is -0.507 e. The highest BCUT2D eigenvalue weighted by Gasteiger charge is 2.14. The first-order valence-electron chi connectivity index (χ1n) is 8.39. The molecule has 0 saturated carbocycles. The molecule has 1 aliphatic rings. The first-order valence-corrected chi connectivity index (χ1v) is 8.39. The zero-order valence-corrected chi connectivity index (χ0v) is 14.3. The van der Waals surface area contributed by atoms with Crippen LogP contribution in [-0.4, -0.2) is 23.0 Å². The van der Waals surface area contributed by atoms with Gasteiger partial charge in [0.1, 0.15) is 11.3 Å². The number of aromatic carboxylic acids is 1. The number of aromatic hydroxyl groups is 1. The van der Waals surface area contributed by atoms with Crippen LogP contribution in [0.5, 0.6) is 17.2 Å². The second-order valence-electron chi connectivity index (χ2n) is 6.16. The molecule has 136 valence electrons. The van der Waals surface area contributed by atoms with Crippen LogP contribution in [0.1, 0.15) is 15.9 Å². The summed E-state index contributed by atoms with van der Waals surface area (Å²) in [5, 5.41) is 21.9. The number of carboxylic acids is 1. The molecule has 3 N–H and O–H groups in total. The van der Waals surface area contributed by atoms with Crippen molar-refractivity contribution in [2.75, 3.05) is 12.1 Å². The predicted octanol–water partition coefficient (Wildman–Crippen LogP) is 4.10. The molecule has 0 amide bonds. The van der Waals surface area contributed by atoms with E-state index >= 15 is 0 Å². The Kier molecular flexibility index (Phi) is 4.30. The van der Waals surface area contributed by atoms with Crippen molar-refractivity contribution in [3.63, 3.8) is 0 Å². The van der Waals surface area contributed by atoms with Crippen molar-refractivity contribution in [1.82, 2.24) is 0 Å². The zero-order chi connectivity index (χ0) is 18.8. The Labute approximate surface area is 155 Å². The van der Waals surface area contributed by atoms with Crippen LogP contribution in [0.3, 0.4) is 0 Å². The number of fused-ring (bicyclic) bond motifs is 1. The van der Waals surface area contributed by atoms with Crippen molar-refractivity contribution in [2.24, 2.45) is 0 Å². The number of benzene rings is 3. The number of anilines is 1. The molecule has 0 aromatic heterocycles. The first kappa shape index (κ1) is 16.8. The van der Waals surface area contributed by atoms with Gasteiger partial charge in [-0.05, 0) is 41.0 Å². The lowest BCUT2D eigenvalue weighted by Crippen LogP contribution is -2.01. The third-order valence-corrected chi connectivity index (χ3v) is 4.38. The fourth-order valence-electron chi connectivity index (χ4n) is 2.92. The standard InChI is InChI=1S/C21H17NO5/c23-18-10-16(6-7-17(18)21(24)25)22-11-13-1-3-14(4-2-13)15-5-8-19-20(9-15)27-12-26-19/h1-10,22-23H,11-12H2,(H,24,25). The minimum absolute atomic E-state index is 0.117. The molecule has 1 aliphatic heterocycles. The van der Waals surface area contributed by atoms with Gasteiger partial charge in [-0.3, -0.25) is 0 Å². The number of phenols is 1. The Morgan fingerprint density at radius 3 is 2.41 bits per heavy atom. The van der Waals surface area contributed by atoms with Crippen LogP contribution >= 0.6 is 0 Å². The van der Waals surface area contributed by atoms with Gasteiger partial charge in [0.25, 0.3) is 0 Å². The van der Waals surface area contributed by atoms with Crippen LogP contribution in [0.4, 0.5) is 5.69 Å². The molecule has 0 fully saturated rings. The molecule has 0 radical (unpaired) electrons. The number of rotatable bonds is 5. The lowest BCUT2D eigenvalue weighted by Gasteiger charge is -2.09. The summed E-state index contributed by atoms with van der Waals surface area (Å²) >= 11 is 0. The maximum Gasteiger partial charge on any atom is 0.339 e. The fraction of sp³-hybridized carbons (Fsp3) is 0.0952. The van der Waals surface area contributed by atoms with Gasteiger partial charge in [0.05, 0.1) is 0 Å². The summed E-state index contributed by atoms with van der Waals surface area (Å²) in [5.74, 6) is 0.100. The van der Waals surface area contributed by atoms with Gasteiger partial charge in [-0.1, -0.05) is 30.3 Å². The van der Waals surface area contributed by atoms with Crippen molar-refractivity contribution < 1.29 is 24.5 Å². The minimum atomic E-state index is -1.15. The summed E-state index contributed by atoms with van der Waals surface area (Å²) < 4.78 is 10.7. The molecular weight excluding hydrogens is 346 g/mol. The summed E-state index contributed by atoms with van der Waals surface area (Å²) in [4.78, 5) is 10.9. The summed E-state index contributed by atoms with van der Waals surface area (Å²) in [7, 11) is 0. The molecule has 3 aromatic rings. The molecule has 0 aliphatic carbocycles. The summed E-state index contributed by atoms with van der Waals surface area (Å²) in [6.07, 6.45) is 0. The molecule has 1 heterocycles. The second kappa shape index (κ2) is 6.92. The molecular formula is C21H17NO5. The van der Waals surface area contributed by atoms with E-state index in [2.05, 4.69) is 5.32 Å². The van der Waals surface area contributed by atoms with Crippen molar-refractivity contribution in [2.45, 2.75) is 6.54 Å². The van der Waals surface area contributed by atoms with Crippen LogP contribution in [0.2, 0.25) is 0 Å². The maximum atomic E-state index is 10.9. The highest BCUT2D eigenvalue weighted by molar-refractivity contribution is 5.91. The molecule has 0 spiro atoms. The number of carbonyl (C=O) groups is 1. The fourth-order valence-corrected chi connectivity index (χ4v) is 2.92. The Balaban J connectivity index is 1.44. The summed E-state index contributed by atoms with van der Waals surface area (Å²) in [6, 6.07) is 18.4. The molecule has 0 bridgehead atoms. The smallest absolute Gasteiger partial charge is 0.339 e. The largest absolute Gasteiger partial charge is 0.507 e. The van der Waals surface area contributed by atoms with Crippen molar-refractivity contribution >= 4 is 11.7 Å². The van der Waals surface area contributed by atoms with Gasteiger partial charge in [0.2, 0.25) is 6.79 Å². The van der Waals surface area contributed by atoms with Gasteiger partial charge in [-0.15, -0.1) is 0 Å². The predicted molar refractivity (Wildman–Crippen MR) is 100 cm³/mol. The zero-order valence-electron chi connectivity index (χ0n) is 14.3. The van der Waals surface area contributed by atoms with Gasteiger partial charge in [-0.2, -0.15) is 0 Å². The van der Waals surface area contributed by atoms with Gasteiger partial charge in [-0.25, -0.2) is 4.79 Å². The van der Waals surface area contributed by atoms with Crippen LogP contribution < -0.4 is 14.8 Å². The molecule has 0 atom stereocenters. The van der Waals surface area contributed by atoms with Crippen LogP contribution in [0.25, 0.3) is 11.1 Å². The van der Waals surface area contributed by atoms with Crippen LogP contribution in [0, 0.1) is 0 Å². The summed E-state index contributed by atoms with van der Waals surface area (Å²) in [6.45, 7) is 0.805. The molecule has 4 rings (SSSR count). The van der Waals surface area contributed by atoms with E-state index in [1.165, 1.54) is 12.1 Å². The third kappa shape index (κ3) is 3.50. The van der Waals surface area contributed by atoms with Crippen molar-refractivity contribution in [3.8, 4) is 28.4 Å². The highest BCUT2D eigenvalue weighted by Crippen LogP contribution is 2.35. The van der Waals surface area contributed by atoms with E-state index in [1.54, 1.807) is 6.07 Å². The van der Waals surface area contributed by atoms with Gasteiger partial charge >= 0.3 is 5.97 Å². The third-order valence-electron chi connectivity index (χ3n) is 4.38. The number of hydrogen-bond acceptors (Lipinski definition) is 5. The molecule has 6 heteroatoms. The molecule has 0 unspecified atom stereocenters. The lowest BCUT2D eigenvalue weighted by molar-refractivity contribution is 0.0694. The number of nitrogens with one attached hydrogen (secondary N) is 1. The average Bonchev–Trinajstić information content (AvgIpc) is 3.14. The Morgan fingerprint density at radius 2 is 1.67 bits per heavy atom. The van der Waals surface area contributed by atoms with Gasteiger partial charge in [0.15, 0.2) is 11.5 Å². The van der Waals surface area contributed by atoms with Crippen molar-refractivity contribution in [1.29, 1.82) is 0 Å². The quantitative estimate of drug-likeness (QED) is 0.633. The number of ether oxygens (including phenoxy) is 2. The molecule has 3 aromatic carbocycles.